The SMILES string of the molecule is COc1ccccc1OCCCC[NH+]1CC[NH2+]CC1. The molecule has 1 fully saturated rings. The Kier molecular flexibility index (Phi) is 5.98. The van der Waals surface area contributed by atoms with Crippen molar-refractivity contribution < 1.29 is 19.7 Å². The highest BCUT2D eigenvalue weighted by molar-refractivity contribution is 5.39. The number of ether oxygens (including phenoxy) is 2. The second kappa shape index (κ2) is 8.02. The van der Waals surface area contributed by atoms with Crippen LogP contribution in [-0.2, 0) is 0 Å². The fraction of sp³-hybridized carbons (Fsp3) is 0.600. The van der Waals surface area contributed by atoms with Gasteiger partial charge in [-0.1, -0.05) is 12.1 Å². The number of rotatable bonds is 7. The second-order valence-corrected chi connectivity index (χ2v) is 5.07. The number of methoxy groups -OCH3 is 1. The van der Waals surface area contributed by atoms with E-state index in [-0.39, 0.29) is 0 Å². The predicted molar refractivity (Wildman–Crippen MR) is 74.9 cm³/mol. The van der Waals surface area contributed by atoms with Gasteiger partial charge in [0.1, 0.15) is 26.2 Å². The highest BCUT2D eigenvalue weighted by Gasteiger charge is 2.14. The number of hydrogen-bond donors (Lipinski definition) is 2. The van der Waals surface area contributed by atoms with E-state index in [2.05, 4.69) is 5.32 Å². The van der Waals surface area contributed by atoms with Crippen LogP contribution in [0.25, 0.3) is 0 Å². The van der Waals surface area contributed by atoms with Crippen LogP contribution in [-0.4, -0.2) is 46.4 Å². The molecule has 1 saturated heterocycles. The lowest BCUT2D eigenvalue weighted by atomic mass is 10.2. The zero-order chi connectivity index (χ0) is 13.3. The van der Waals surface area contributed by atoms with Crippen LogP contribution in [0.3, 0.4) is 0 Å². The first-order chi connectivity index (χ1) is 9.40. The average molecular weight is 266 g/mol. The summed E-state index contributed by atoms with van der Waals surface area (Å²) in [5.74, 6) is 1.67. The lowest BCUT2D eigenvalue weighted by Gasteiger charge is -2.22. The summed E-state index contributed by atoms with van der Waals surface area (Å²) in [5, 5.41) is 2.41. The van der Waals surface area contributed by atoms with Crippen molar-refractivity contribution in [1.82, 2.24) is 0 Å². The number of quaternary nitrogens is 2. The first-order valence-electron chi connectivity index (χ1n) is 7.31. The highest BCUT2D eigenvalue weighted by Crippen LogP contribution is 2.25. The van der Waals surface area contributed by atoms with E-state index in [1.165, 1.54) is 39.1 Å². The number of nitrogens with one attached hydrogen (secondary N) is 1. The van der Waals surface area contributed by atoms with E-state index in [4.69, 9.17) is 9.47 Å². The topological polar surface area (TPSA) is 39.5 Å². The Hall–Kier alpha value is -1.26. The maximum absolute atomic E-state index is 5.78. The summed E-state index contributed by atoms with van der Waals surface area (Å²) in [5.41, 5.74) is 0. The fourth-order valence-corrected chi connectivity index (χ4v) is 2.53. The van der Waals surface area contributed by atoms with Gasteiger partial charge >= 0.3 is 0 Å². The summed E-state index contributed by atoms with van der Waals surface area (Å²) in [7, 11) is 1.68. The Bertz CT molecular complexity index is 365. The first kappa shape index (κ1) is 14.2. The van der Waals surface area contributed by atoms with Crippen LogP contribution in [0.15, 0.2) is 24.3 Å². The van der Waals surface area contributed by atoms with E-state index < -0.39 is 0 Å². The van der Waals surface area contributed by atoms with E-state index in [9.17, 15) is 0 Å². The molecule has 0 radical (unpaired) electrons. The third-order valence-electron chi connectivity index (χ3n) is 3.66. The quantitative estimate of drug-likeness (QED) is 0.642. The molecule has 0 bridgehead atoms. The molecule has 106 valence electrons. The van der Waals surface area contributed by atoms with Crippen LogP contribution in [0, 0.1) is 0 Å². The Balaban J connectivity index is 1.61. The maximum atomic E-state index is 5.78. The van der Waals surface area contributed by atoms with E-state index >= 15 is 0 Å². The molecule has 0 aromatic heterocycles. The summed E-state index contributed by atoms with van der Waals surface area (Å²) in [4.78, 5) is 1.75. The van der Waals surface area contributed by atoms with Crippen molar-refractivity contribution in [1.29, 1.82) is 0 Å². The van der Waals surface area contributed by atoms with Crippen molar-refractivity contribution >= 4 is 0 Å². The van der Waals surface area contributed by atoms with Gasteiger partial charge in [-0.05, 0) is 25.0 Å². The van der Waals surface area contributed by atoms with Gasteiger partial charge in [-0.15, -0.1) is 0 Å². The van der Waals surface area contributed by atoms with Gasteiger partial charge in [0.25, 0.3) is 0 Å². The minimum atomic E-state index is 0.778. The molecule has 19 heavy (non-hydrogen) atoms. The average Bonchev–Trinajstić information content (AvgIpc) is 2.48. The van der Waals surface area contributed by atoms with Crippen LogP contribution >= 0.6 is 0 Å². The molecular weight excluding hydrogens is 240 g/mol. The van der Waals surface area contributed by atoms with Crippen LogP contribution in [0.5, 0.6) is 11.5 Å². The zero-order valence-corrected chi connectivity index (χ0v) is 11.9. The lowest BCUT2D eigenvalue weighted by Crippen LogP contribution is -3.20. The molecule has 0 atom stereocenters. The monoisotopic (exact) mass is 266 g/mol. The molecule has 1 aromatic carbocycles. The second-order valence-electron chi connectivity index (χ2n) is 5.07. The van der Waals surface area contributed by atoms with Crippen LogP contribution in [0.2, 0.25) is 0 Å². The Morgan fingerprint density at radius 1 is 1.11 bits per heavy atom. The van der Waals surface area contributed by atoms with Crippen LogP contribution in [0.1, 0.15) is 12.8 Å². The van der Waals surface area contributed by atoms with Crippen molar-refractivity contribution in [3.63, 3.8) is 0 Å². The van der Waals surface area contributed by atoms with Gasteiger partial charge < -0.3 is 19.7 Å². The normalized spacial score (nSPS) is 16.3. The van der Waals surface area contributed by atoms with E-state index in [1.54, 1.807) is 12.0 Å². The van der Waals surface area contributed by atoms with Gasteiger partial charge in [0.15, 0.2) is 11.5 Å². The minimum Gasteiger partial charge on any atom is -0.493 e. The highest BCUT2D eigenvalue weighted by atomic mass is 16.5. The van der Waals surface area contributed by atoms with E-state index in [1.807, 2.05) is 24.3 Å². The fourth-order valence-electron chi connectivity index (χ4n) is 2.53. The zero-order valence-electron chi connectivity index (χ0n) is 11.9. The summed E-state index contributed by atoms with van der Waals surface area (Å²) in [6, 6.07) is 7.84. The molecule has 4 nitrogen and oxygen atoms in total. The Morgan fingerprint density at radius 3 is 2.58 bits per heavy atom. The molecule has 3 N–H and O–H groups in total. The number of nitrogens with two attached hydrogens (primary N) is 1. The van der Waals surface area contributed by atoms with Crippen molar-refractivity contribution in [2.24, 2.45) is 0 Å². The number of hydrogen-bond acceptors (Lipinski definition) is 2. The van der Waals surface area contributed by atoms with E-state index in [0.717, 1.165) is 24.5 Å². The van der Waals surface area contributed by atoms with Crippen molar-refractivity contribution in [2.45, 2.75) is 12.8 Å². The molecule has 4 heteroatoms. The van der Waals surface area contributed by atoms with Gasteiger partial charge in [0, 0.05) is 0 Å². The molecule has 1 aromatic rings. The summed E-state index contributed by atoms with van der Waals surface area (Å²) in [6.45, 7) is 7.25. The molecule has 1 aliphatic rings. The third kappa shape index (κ3) is 4.73. The largest absolute Gasteiger partial charge is 0.493 e. The predicted octanol–water partition coefficient (Wildman–Crippen LogP) is -0.684. The number of benzene rings is 1. The molecular formula is C15H26N2O2+2. The smallest absolute Gasteiger partial charge is 0.161 e. The number of para-hydroxylation sites is 2. The van der Waals surface area contributed by atoms with Gasteiger partial charge in [0.2, 0.25) is 0 Å². The molecule has 0 amide bonds. The van der Waals surface area contributed by atoms with Gasteiger partial charge in [-0.3, -0.25) is 0 Å². The van der Waals surface area contributed by atoms with Crippen molar-refractivity contribution in [3.8, 4) is 11.5 Å². The lowest BCUT2D eigenvalue weighted by molar-refractivity contribution is -0.946. The molecule has 0 spiro atoms. The summed E-state index contributed by atoms with van der Waals surface area (Å²) < 4.78 is 11.0. The van der Waals surface area contributed by atoms with E-state index in [0.29, 0.717) is 0 Å². The number of piperazine rings is 1. The maximum Gasteiger partial charge on any atom is 0.161 e. The van der Waals surface area contributed by atoms with Crippen molar-refractivity contribution in [2.75, 3.05) is 46.4 Å². The van der Waals surface area contributed by atoms with Crippen LogP contribution in [0.4, 0.5) is 0 Å². The molecule has 2 rings (SSSR count). The Labute approximate surface area is 115 Å². The van der Waals surface area contributed by atoms with Crippen LogP contribution < -0.4 is 19.7 Å². The molecule has 0 saturated carbocycles. The van der Waals surface area contributed by atoms with Gasteiger partial charge in [-0.2, -0.15) is 0 Å². The summed E-state index contributed by atoms with van der Waals surface area (Å²) in [6.07, 6.45) is 2.36. The summed E-state index contributed by atoms with van der Waals surface area (Å²) >= 11 is 0. The molecule has 0 unspecified atom stereocenters. The minimum absolute atomic E-state index is 0.778. The molecule has 0 aliphatic carbocycles. The van der Waals surface area contributed by atoms with Crippen molar-refractivity contribution in [3.05, 3.63) is 24.3 Å². The third-order valence-corrected chi connectivity index (χ3v) is 3.66. The Morgan fingerprint density at radius 2 is 1.84 bits per heavy atom. The van der Waals surface area contributed by atoms with Gasteiger partial charge in [0.05, 0.1) is 20.3 Å². The molecule has 1 heterocycles. The van der Waals surface area contributed by atoms with Gasteiger partial charge in [-0.25, -0.2) is 0 Å². The standard InChI is InChI=1S/C15H24N2O2/c1-18-14-6-2-3-7-15(14)19-13-5-4-10-17-11-8-16-9-12-17/h2-3,6-7,16H,4-5,8-13H2,1H3/p+2. The first-order valence-corrected chi connectivity index (χ1v) is 7.31. The molecule has 1 aliphatic heterocycles. The number of unbranched alkanes of at least 4 members (excludes halogenated alkanes) is 1.